The van der Waals surface area contributed by atoms with Crippen molar-refractivity contribution in [3.63, 3.8) is 0 Å². The molecule has 0 spiro atoms. The van der Waals surface area contributed by atoms with E-state index >= 15 is 0 Å². The number of hydrogen-bond acceptors (Lipinski definition) is 8. The van der Waals surface area contributed by atoms with Gasteiger partial charge in [0.05, 0.1) is 11.1 Å². The molecule has 0 fully saturated rings. The molecule has 0 radical (unpaired) electrons. The Bertz CT molecular complexity index is 3670. The third-order valence-corrected chi connectivity index (χ3v) is 13.1. The Hall–Kier alpha value is -9.92. The average Bonchev–Trinajstić information content (AvgIpc) is 3.49. The summed E-state index contributed by atoms with van der Waals surface area (Å²) < 4.78 is 0. The first-order chi connectivity index (χ1) is 36.2. The lowest BCUT2D eigenvalue weighted by atomic mass is 9.65. The monoisotopic (exact) mass is 936 g/mol. The Labute approximate surface area is 423 Å². The zero-order valence-corrected chi connectivity index (χ0v) is 39.5. The van der Waals surface area contributed by atoms with Gasteiger partial charge >= 0.3 is 0 Å². The fraction of sp³-hybridized carbons (Fsp3) is 0.0154. The summed E-state index contributed by atoms with van der Waals surface area (Å²) in [6, 6.07) is 87.5. The SMILES string of the molecule is c1ccc(-c2nc(-c3ccc(-c4ccccn4)cc3)nc(-c3ccc(C(c4ccccc4)(c4ccccc4)c4ccc(-c5ccc(-c6nc(-c7ccccc7)nc(-c7ccccn7)n6)cc5)cc4)cc3)n2)cc1. The highest BCUT2D eigenvalue weighted by molar-refractivity contribution is 5.73. The van der Waals surface area contributed by atoms with Crippen LogP contribution < -0.4 is 0 Å². The summed E-state index contributed by atoms with van der Waals surface area (Å²) in [6.45, 7) is 0. The summed E-state index contributed by atoms with van der Waals surface area (Å²) in [5.74, 6) is 3.49. The summed E-state index contributed by atoms with van der Waals surface area (Å²) in [5, 5.41) is 0. The molecule has 12 rings (SSSR count). The van der Waals surface area contributed by atoms with Crippen molar-refractivity contribution in [3.05, 3.63) is 289 Å². The number of hydrogen-bond donors (Lipinski definition) is 0. The molecule has 0 saturated carbocycles. The molecule has 4 aromatic heterocycles. The Balaban J connectivity index is 0.913. The number of benzene rings is 8. The van der Waals surface area contributed by atoms with Gasteiger partial charge in [-0.15, -0.1) is 0 Å². The van der Waals surface area contributed by atoms with Crippen LogP contribution in [-0.2, 0) is 5.41 Å². The van der Waals surface area contributed by atoms with Gasteiger partial charge in [-0.25, -0.2) is 29.9 Å². The Morgan fingerprint density at radius 3 is 0.849 bits per heavy atom. The van der Waals surface area contributed by atoms with Crippen molar-refractivity contribution < 1.29 is 0 Å². The van der Waals surface area contributed by atoms with Gasteiger partial charge in [-0.1, -0.05) is 231 Å². The van der Waals surface area contributed by atoms with Gasteiger partial charge < -0.3 is 0 Å². The Morgan fingerprint density at radius 2 is 0.466 bits per heavy atom. The first-order valence-corrected chi connectivity index (χ1v) is 24.2. The van der Waals surface area contributed by atoms with Crippen LogP contribution in [0, 0.1) is 0 Å². The number of aromatic nitrogens is 8. The Morgan fingerprint density at radius 1 is 0.192 bits per heavy atom. The second-order valence-corrected chi connectivity index (χ2v) is 17.6. The predicted octanol–water partition coefficient (Wildman–Crippen LogP) is 14.6. The fourth-order valence-electron chi connectivity index (χ4n) is 9.48. The van der Waals surface area contributed by atoms with Crippen LogP contribution in [0.3, 0.4) is 0 Å². The average molecular weight is 937 g/mol. The molecule has 0 saturated heterocycles. The maximum Gasteiger partial charge on any atom is 0.182 e. The lowest BCUT2D eigenvalue weighted by Crippen LogP contribution is -2.31. The molecule has 0 N–H and O–H groups in total. The minimum atomic E-state index is -0.682. The smallest absolute Gasteiger partial charge is 0.182 e. The molecule has 0 aliphatic heterocycles. The van der Waals surface area contributed by atoms with Crippen molar-refractivity contribution in [2.45, 2.75) is 5.41 Å². The third-order valence-electron chi connectivity index (χ3n) is 13.1. The van der Waals surface area contributed by atoms with Crippen LogP contribution in [0.5, 0.6) is 0 Å². The van der Waals surface area contributed by atoms with Crippen molar-refractivity contribution in [1.82, 2.24) is 39.9 Å². The minimum Gasteiger partial charge on any atom is -0.256 e. The molecule has 8 heteroatoms. The maximum absolute atomic E-state index is 5.11. The van der Waals surface area contributed by atoms with Gasteiger partial charge in [-0.3, -0.25) is 9.97 Å². The topological polar surface area (TPSA) is 103 Å². The standard InChI is InChI=1S/C65H44N8/c1-5-17-48(18-6-1)59-68-61(51-33-29-47(30-34-51)57-25-13-15-43-66-57)71-62(69-59)52-37-41-56(42-38-52)65(53-21-9-3-10-22-53,54-23-11-4-12-24-54)55-39-35-46(36-40-55)45-27-31-50(32-28-45)63-70-60(49-19-7-2-8-20-49)72-64(73-63)58-26-14-16-44-67-58/h1-44H. The van der Waals surface area contributed by atoms with Crippen molar-refractivity contribution in [3.8, 4) is 90.8 Å². The van der Waals surface area contributed by atoms with Crippen LogP contribution in [-0.4, -0.2) is 39.9 Å². The van der Waals surface area contributed by atoms with E-state index in [0.717, 1.165) is 72.5 Å². The first kappa shape index (κ1) is 44.3. The van der Waals surface area contributed by atoms with Crippen LogP contribution in [0.25, 0.3) is 90.8 Å². The molecule has 12 aromatic rings. The molecule has 344 valence electrons. The molecular formula is C65H44N8. The van der Waals surface area contributed by atoms with Gasteiger partial charge in [-0.05, 0) is 57.6 Å². The lowest BCUT2D eigenvalue weighted by Gasteiger charge is -2.37. The maximum atomic E-state index is 5.11. The van der Waals surface area contributed by atoms with Crippen molar-refractivity contribution >= 4 is 0 Å². The molecule has 0 aliphatic rings. The van der Waals surface area contributed by atoms with E-state index in [9.17, 15) is 0 Å². The van der Waals surface area contributed by atoms with Crippen LogP contribution in [0.15, 0.2) is 267 Å². The number of nitrogens with zero attached hydrogens (tertiary/aromatic N) is 8. The highest BCUT2D eigenvalue weighted by Crippen LogP contribution is 2.46. The highest BCUT2D eigenvalue weighted by Gasteiger charge is 2.38. The van der Waals surface area contributed by atoms with Crippen molar-refractivity contribution in [2.75, 3.05) is 0 Å². The Kier molecular flexibility index (Phi) is 12.0. The van der Waals surface area contributed by atoms with Gasteiger partial charge in [0.1, 0.15) is 5.69 Å². The summed E-state index contributed by atoms with van der Waals surface area (Å²) in [4.78, 5) is 38.9. The molecule has 73 heavy (non-hydrogen) atoms. The van der Waals surface area contributed by atoms with Crippen LogP contribution >= 0.6 is 0 Å². The summed E-state index contributed by atoms with van der Waals surface area (Å²) >= 11 is 0. The lowest BCUT2D eigenvalue weighted by molar-refractivity contribution is 0.745. The largest absolute Gasteiger partial charge is 0.256 e. The van der Waals surface area contributed by atoms with Gasteiger partial charge in [-0.2, -0.15) is 0 Å². The van der Waals surface area contributed by atoms with Gasteiger partial charge in [0.25, 0.3) is 0 Å². The number of pyridine rings is 2. The van der Waals surface area contributed by atoms with E-state index in [0.29, 0.717) is 40.6 Å². The molecule has 4 heterocycles. The molecule has 8 aromatic carbocycles. The quantitative estimate of drug-likeness (QED) is 0.112. The second kappa shape index (κ2) is 19.8. The molecule has 8 nitrogen and oxygen atoms in total. The third kappa shape index (κ3) is 8.97. The van der Waals surface area contributed by atoms with Gasteiger partial charge in [0, 0.05) is 45.8 Å². The van der Waals surface area contributed by atoms with E-state index in [1.807, 2.05) is 115 Å². The van der Waals surface area contributed by atoms with Crippen LogP contribution in [0.1, 0.15) is 22.3 Å². The van der Waals surface area contributed by atoms with Crippen molar-refractivity contribution in [1.29, 1.82) is 0 Å². The van der Waals surface area contributed by atoms with E-state index in [1.54, 1.807) is 6.20 Å². The van der Waals surface area contributed by atoms with E-state index in [2.05, 4.69) is 156 Å². The normalized spacial score (nSPS) is 11.3. The van der Waals surface area contributed by atoms with Gasteiger partial charge in [0.15, 0.2) is 34.9 Å². The molecule has 0 aliphatic carbocycles. The predicted molar refractivity (Wildman–Crippen MR) is 291 cm³/mol. The van der Waals surface area contributed by atoms with Crippen LogP contribution in [0.2, 0.25) is 0 Å². The fourth-order valence-corrected chi connectivity index (χ4v) is 9.48. The molecule has 0 atom stereocenters. The molecule has 0 unspecified atom stereocenters. The van der Waals surface area contributed by atoms with Gasteiger partial charge in [0.2, 0.25) is 0 Å². The summed E-state index contributed by atoms with van der Waals surface area (Å²) in [5.41, 5.74) is 13.1. The zero-order valence-electron chi connectivity index (χ0n) is 39.5. The van der Waals surface area contributed by atoms with Crippen LogP contribution in [0.4, 0.5) is 0 Å². The first-order valence-electron chi connectivity index (χ1n) is 24.2. The summed E-state index contributed by atoms with van der Waals surface area (Å²) in [6.07, 6.45) is 3.56. The highest BCUT2D eigenvalue weighted by atomic mass is 15.1. The van der Waals surface area contributed by atoms with E-state index in [1.165, 1.54) is 0 Å². The molecule has 0 bridgehead atoms. The molecule has 0 amide bonds. The molecular weight excluding hydrogens is 893 g/mol. The van der Waals surface area contributed by atoms with Crippen molar-refractivity contribution in [2.24, 2.45) is 0 Å². The summed E-state index contributed by atoms with van der Waals surface area (Å²) in [7, 11) is 0. The number of rotatable bonds is 12. The van der Waals surface area contributed by atoms with E-state index < -0.39 is 5.41 Å². The van der Waals surface area contributed by atoms with E-state index in [-0.39, 0.29) is 0 Å². The second-order valence-electron chi connectivity index (χ2n) is 17.6. The minimum absolute atomic E-state index is 0.524. The van der Waals surface area contributed by atoms with E-state index in [4.69, 9.17) is 29.9 Å². The zero-order chi connectivity index (χ0) is 48.8.